The van der Waals surface area contributed by atoms with Crippen molar-refractivity contribution in [1.82, 2.24) is 20.2 Å². The van der Waals surface area contributed by atoms with Gasteiger partial charge in [-0.3, -0.25) is 9.59 Å². The largest absolute Gasteiger partial charge is 0.417 e. The molecule has 12 heteroatoms. The van der Waals surface area contributed by atoms with Gasteiger partial charge in [0.25, 0.3) is 11.8 Å². The van der Waals surface area contributed by atoms with Gasteiger partial charge in [-0.15, -0.1) is 11.3 Å². The summed E-state index contributed by atoms with van der Waals surface area (Å²) in [4.78, 5) is 36.4. The molecule has 8 nitrogen and oxygen atoms in total. The van der Waals surface area contributed by atoms with E-state index in [0.717, 1.165) is 55.7 Å². The summed E-state index contributed by atoms with van der Waals surface area (Å²) in [6, 6.07) is 0.941. The molecule has 3 fully saturated rings. The Morgan fingerprint density at radius 3 is 2.61 bits per heavy atom. The third-order valence-electron chi connectivity index (χ3n) is 7.66. The van der Waals surface area contributed by atoms with Crippen LogP contribution in [0.1, 0.15) is 84.6 Å². The van der Waals surface area contributed by atoms with Gasteiger partial charge in [-0.25, -0.2) is 9.97 Å². The van der Waals surface area contributed by atoms with Gasteiger partial charge in [-0.1, -0.05) is 6.92 Å². The standard InChI is InChI=1S/C26H32F3N5O3S/c1-3-18(15-6-7-15)32-19-11-17(26(27,28)29)16(12-30-19)21-20(24(36)34-10-4-5-14(34)2)33-23(38-21)22(35)31-13-25(37)8-9-25/h11-12,14-15,18,37H,3-10,13H2,1-2H3,(H,30,32)(H,31,35)/t14-,18-/m0/s1. The fourth-order valence-corrected chi connectivity index (χ4v) is 5.95. The summed E-state index contributed by atoms with van der Waals surface area (Å²) in [6.07, 6.45) is 1.94. The Bertz CT molecular complexity index is 1230. The highest BCUT2D eigenvalue weighted by Gasteiger charge is 2.41. The van der Waals surface area contributed by atoms with Crippen LogP contribution in [0.4, 0.5) is 19.0 Å². The zero-order chi connectivity index (χ0) is 27.2. The number of carbonyl (C=O) groups is 2. The Kier molecular flexibility index (Phi) is 7.14. The SMILES string of the molecule is CC[C@H](Nc1cc(C(F)(F)F)c(-c2sc(C(=O)NCC3(O)CC3)nc2C(=O)N2CCC[C@@H]2C)cn1)C1CC1. The van der Waals surface area contributed by atoms with Crippen molar-refractivity contribution >= 4 is 29.0 Å². The van der Waals surface area contributed by atoms with Crippen LogP contribution in [0.5, 0.6) is 0 Å². The number of pyridine rings is 1. The number of hydrogen-bond acceptors (Lipinski definition) is 7. The summed E-state index contributed by atoms with van der Waals surface area (Å²) in [7, 11) is 0. The lowest BCUT2D eigenvalue weighted by Gasteiger charge is -2.22. The summed E-state index contributed by atoms with van der Waals surface area (Å²) in [5.41, 5.74) is -2.36. The number of anilines is 1. The molecule has 0 unspecified atom stereocenters. The third kappa shape index (κ3) is 5.66. The quantitative estimate of drug-likeness (QED) is 0.417. The minimum atomic E-state index is -4.72. The van der Waals surface area contributed by atoms with E-state index < -0.39 is 29.2 Å². The molecule has 38 heavy (non-hydrogen) atoms. The maximum absolute atomic E-state index is 14.4. The van der Waals surface area contributed by atoms with Crippen LogP contribution in [0.15, 0.2) is 12.3 Å². The first-order valence-corrected chi connectivity index (χ1v) is 14.0. The molecular formula is C26H32F3N5O3S. The monoisotopic (exact) mass is 551 g/mol. The second-order valence-corrected chi connectivity index (χ2v) is 11.7. The minimum Gasteiger partial charge on any atom is -0.388 e. The molecule has 206 valence electrons. The van der Waals surface area contributed by atoms with E-state index in [0.29, 0.717) is 25.3 Å². The van der Waals surface area contributed by atoms with Crippen molar-refractivity contribution in [2.75, 3.05) is 18.4 Å². The highest BCUT2D eigenvalue weighted by Crippen LogP contribution is 2.43. The molecule has 1 saturated heterocycles. The smallest absolute Gasteiger partial charge is 0.388 e. The van der Waals surface area contributed by atoms with Gasteiger partial charge in [-0.2, -0.15) is 13.2 Å². The van der Waals surface area contributed by atoms with Crippen LogP contribution in [0.25, 0.3) is 10.4 Å². The van der Waals surface area contributed by atoms with E-state index in [9.17, 15) is 27.9 Å². The highest BCUT2D eigenvalue weighted by atomic mass is 32.1. The number of rotatable bonds is 9. The normalized spacial score (nSPS) is 21.3. The molecule has 5 rings (SSSR count). The van der Waals surface area contributed by atoms with E-state index in [1.165, 1.54) is 0 Å². The molecule has 3 heterocycles. The van der Waals surface area contributed by atoms with Crippen molar-refractivity contribution in [3.8, 4) is 10.4 Å². The first-order chi connectivity index (χ1) is 18.0. The first kappa shape index (κ1) is 26.9. The summed E-state index contributed by atoms with van der Waals surface area (Å²) >= 11 is 0.737. The molecule has 0 bridgehead atoms. The van der Waals surface area contributed by atoms with Crippen LogP contribution in [0, 0.1) is 5.92 Å². The fourth-order valence-electron chi connectivity index (χ4n) is 4.95. The van der Waals surface area contributed by atoms with Crippen LogP contribution < -0.4 is 10.6 Å². The third-order valence-corrected chi connectivity index (χ3v) is 8.75. The number of aliphatic hydroxyl groups is 1. The van der Waals surface area contributed by atoms with Crippen molar-refractivity contribution in [1.29, 1.82) is 0 Å². The Hall–Kier alpha value is -2.73. The molecule has 0 radical (unpaired) electrons. The molecule has 2 aliphatic carbocycles. The lowest BCUT2D eigenvalue weighted by molar-refractivity contribution is -0.137. The van der Waals surface area contributed by atoms with E-state index in [1.807, 2.05) is 13.8 Å². The molecule has 3 aliphatic rings. The van der Waals surface area contributed by atoms with Crippen LogP contribution in [0.3, 0.4) is 0 Å². The van der Waals surface area contributed by atoms with Crippen molar-refractivity contribution in [3.05, 3.63) is 28.5 Å². The van der Waals surface area contributed by atoms with E-state index >= 15 is 0 Å². The van der Waals surface area contributed by atoms with Crippen LogP contribution >= 0.6 is 11.3 Å². The highest BCUT2D eigenvalue weighted by molar-refractivity contribution is 7.17. The van der Waals surface area contributed by atoms with Crippen LogP contribution in [0.2, 0.25) is 0 Å². The number of amides is 2. The van der Waals surface area contributed by atoms with E-state index in [1.54, 1.807) is 4.90 Å². The van der Waals surface area contributed by atoms with E-state index in [4.69, 9.17) is 0 Å². The number of alkyl halides is 3. The summed E-state index contributed by atoms with van der Waals surface area (Å²) in [5, 5.41) is 15.7. The number of likely N-dealkylation sites (tertiary alicyclic amines) is 1. The Morgan fingerprint density at radius 2 is 2.03 bits per heavy atom. The molecule has 2 aromatic rings. The molecular weight excluding hydrogens is 519 g/mol. The second-order valence-electron chi connectivity index (χ2n) is 10.7. The molecule has 2 aromatic heterocycles. The number of nitrogens with one attached hydrogen (secondary N) is 2. The van der Waals surface area contributed by atoms with Gasteiger partial charge in [0, 0.05) is 36.9 Å². The minimum absolute atomic E-state index is 0.0164. The maximum atomic E-state index is 14.4. The van der Waals surface area contributed by atoms with Gasteiger partial charge in [0.05, 0.1) is 16.0 Å². The van der Waals surface area contributed by atoms with E-state index in [-0.39, 0.29) is 45.6 Å². The molecule has 2 atom stereocenters. The lowest BCUT2D eigenvalue weighted by Crippen LogP contribution is -2.35. The Balaban J connectivity index is 1.53. The average molecular weight is 552 g/mol. The van der Waals surface area contributed by atoms with Crippen molar-refractivity contribution in [2.24, 2.45) is 5.92 Å². The number of thiazole rings is 1. The maximum Gasteiger partial charge on any atom is 0.417 e. The zero-order valence-corrected chi connectivity index (χ0v) is 22.2. The second kappa shape index (κ2) is 10.1. The number of carbonyl (C=O) groups excluding carboxylic acids is 2. The van der Waals surface area contributed by atoms with E-state index in [2.05, 4.69) is 20.6 Å². The van der Waals surface area contributed by atoms with Gasteiger partial charge in [0.2, 0.25) is 0 Å². The molecule has 0 spiro atoms. The topological polar surface area (TPSA) is 107 Å². The van der Waals surface area contributed by atoms with Gasteiger partial charge < -0.3 is 20.6 Å². The summed E-state index contributed by atoms with van der Waals surface area (Å²) in [6.45, 7) is 4.35. The van der Waals surface area contributed by atoms with Gasteiger partial charge in [0.1, 0.15) is 11.5 Å². The van der Waals surface area contributed by atoms with Crippen molar-refractivity contribution < 1.29 is 27.9 Å². The zero-order valence-electron chi connectivity index (χ0n) is 21.4. The Labute approximate surface area is 223 Å². The molecule has 2 saturated carbocycles. The fraction of sp³-hybridized carbons (Fsp3) is 0.615. The van der Waals surface area contributed by atoms with Crippen molar-refractivity contribution in [3.63, 3.8) is 0 Å². The lowest BCUT2D eigenvalue weighted by atomic mass is 10.1. The van der Waals surface area contributed by atoms with Gasteiger partial charge >= 0.3 is 6.18 Å². The molecule has 2 amide bonds. The van der Waals surface area contributed by atoms with Crippen LogP contribution in [-0.2, 0) is 6.18 Å². The molecule has 3 N–H and O–H groups in total. The van der Waals surface area contributed by atoms with Gasteiger partial charge in [-0.05, 0) is 63.9 Å². The van der Waals surface area contributed by atoms with Gasteiger partial charge in [0.15, 0.2) is 5.01 Å². The number of nitrogens with zero attached hydrogens (tertiary/aromatic N) is 3. The summed E-state index contributed by atoms with van der Waals surface area (Å²) < 4.78 is 43.1. The Morgan fingerprint density at radius 1 is 1.29 bits per heavy atom. The predicted octanol–water partition coefficient (Wildman–Crippen LogP) is 4.70. The predicted molar refractivity (Wildman–Crippen MR) is 137 cm³/mol. The average Bonchev–Trinajstić information content (AvgIpc) is 3.77. The van der Waals surface area contributed by atoms with Crippen LogP contribution in [-0.4, -0.2) is 62.6 Å². The molecule has 1 aliphatic heterocycles. The van der Waals surface area contributed by atoms with Crippen molar-refractivity contribution in [2.45, 2.75) is 82.7 Å². The number of hydrogen-bond donors (Lipinski definition) is 3. The number of halogens is 3. The first-order valence-electron chi connectivity index (χ1n) is 13.2. The molecule has 0 aromatic carbocycles. The number of aromatic nitrogens is 2. The summed E-state index contributed by atoms with van der Waals surface area (Å²) in [5.74, 6) is -0.587.